The summed E-state index contributed by atoms with van der Waals surface area (Å²) in [5.74, 6) is 0.0512. The highest BCUT2D eigenvalue weighted by molar-refractivity contribution is 7.99. The monoisotopic (exact) mass is 595 g/mol. The van der Waals surface area contributed by atoms with E-state index in [9.17, 15) is 19.9 Å². The summed E-state index contributed by atoms with van der Waals surface area (Å²) in [5, 5.41) is 33.7. The summed E-state index contributed by atoms with van der Waals surface area (Å²) in [5.41, 5.74) is 4.81. The van der Waals surface area contributed by atoms with Crippen LogP contribution >= 0.6 is 11.8 Å². The Hall–Kier alpha value is -3.48. The maximum Gasteiger partial charge on any atom is 0.251 e. The number of anilines is 1. The van der Waals surface area contributed by atoms with Crippen LogP contribution < -0.4 is 15.5 Å². The van der Waals surface area contributed by atoms with Gasteiger partial charge >= 0.3 is 0 Å². The van der Waals surface area contributed by atoms with Crippen LogP contribution in [-0.4, -0.2) is 34.0 Å². The van der Waals surface area contributed by atoms with Gasteiger partial charge in [0, 0.05) is 48.4 Å². The van der Waals surface area contributed by atoms with Gasteiger partial charge in [-0.05, 0) is 42.2 Å². The van der Waals surface area contributed by atoms with Crippen molar-refractivity contribution in [3.8, 4) is 0 Å². The zero-order valence-electron chi connectivity index (χ0n) is 23.3. The number of aliphatic hydroxyl groups excluding tert-OH is 1. The Morgan fingerprint density at radius 2 is 1.69 bits per heavy atom. The maximum absolute atomic E-state index is 12.6. The number of hydroxylamine groups is 1. The number of carbonyl (C=O) groups is 2. The average molecular weight is 596 g/mol. The van der Waals surface area contributed by atoms with E-state index in [1.807, 2.05) is 54.6 Å². The maximum atomic E-state index is 12.6. The summed E-state index contributed by atoms with van der Waals surface area (Å²) in [7, 11) is 0. The van der Waals surface area contributed by atoms with Crippen molar-refractivity contribution in [2.45, 2.75) is 75.1 Å². The van der Waals surface area contributed by atoms with Gasteiger partial charge < -0.3 is 25.1 Å². The standard InChI is InChI=1S/C31H37N3O7S/c35-20-22-13-15-23(16-14-22)27-19-26(21-42-30-12-5-6-17-34(30)39)40-31(41-27)24-8-7-9-25(18-24)32-28(36)10-3-1-2-4-11-29(37)33-38/h5-9,12-18,26-27,31,35,38H,1-4,10-11,19-21H2,(H,32,36)(H,33,37)/t26-,27+,31+/m1/s1. The van der Waals surface area contributed by atoms with Crippen LogP contribution in [0.25, 0.3) is 0 Å². The summed E-state index contributed by atoms with van der Waals surface area (Å²) in [6.45, 7) is -0.0368. The van der Waals surface area contributed by atoms with Crippen LogP contribution in [0, 0.1) is 5.21 Å². The average Bonchev–Trinajstić information content (AvgIpc) is 3.02. The lowest BCUT2D eigenvalue weighted by Gasteiger charge is -2.36. The Balaban J connectivity index is 1.39. The van der Waals surface area contributed by atoms with E-state index in [0.717, 1.165) is 34.3 Å². The largest absolute Gasteiger partial charge is 0.618 e. The van der Waals surface area contributed by atoms with E-state index in [1.54, 1.807) is 17.6 Å². The first kappa shape index (κ1) is 31.5. The van der Waals surface area contributed by atoms with E-state index >= 15 is 0 Å². The molecule has 224 valence electrons. The van der Waals surface area contributed by atoms with Crippen LogP contribution in [0.15, 0.2) is 78.0 Å². The molecule has 1 aliphatic rings. The van der Waals surface area contributed by atoms with Gasteiger partial charge in [0.1, 0.15) is 0 Å². The molecule has 3 aromatic rings. The van der Waals surface area contributed by atoms with E-state index in [0.29, 0.717) is 42.1 Å². The van der Waals surface area contributed by atoms with Crippen LogP contribution in [0.5, 0.6) is 0 Å². The van der Waals surface area contributed by atoms with Crippen molar-refractivity contribution < 1.29 is 34.1 Å². The van der Waals surface area contributed by atoms with Crippen molar-refractivity contribution in [1.29, 1.82) is 0 Å². The van der Waals surface area contributed by atoms with Crippen molar-refractivity contribution in [2.75, 3.05) is 11.1 Å². The molecule has 2 amide bonds. The highest BCUT2D eigenvalue weighted by atomic mass is 32.2. The van der Waals surface area contributed by atoms with Gasteiger partial charge in [-0.2, -0.15) is 4.73 Å². The molecule has 11 heteroatoms. The molecule has 0 bridgehead atoms. The fraction of sp³-hybridized carbons (Fsp3) is 0.387. The second-order valence-corrected chi connectivity index (χ2v) is 11.2. The molecule has 1 fully saturated rings. The molecule has 0 saturated carbocycles. The Kier molecular flexibility index (Phi) is 12.2. The predicted octanol–water partition coefficient (Wildman–Crippen LogP) is 4.93. The smallest absolute Gasteiger partial charge is 0.251 e. The minimum atomic E-state index is -0.685. The van der Waals surface area contributed by atoms with Gasteiger partial charge in [-0.15, -0.1) is 0 Å². The van der Waals surface area contributed by atoms with E-state index in [4.69, 9.17) is 14.7 Å². The van der Waals surface area contributed by atoms with Crippen molar-refractivity contribution in [3.63, 3.8) is 0 Å². The molecule has 0 spiro atoms. The number of ether oxygens (including phenoxy) is 2. The number of nitrogens with one attached hydrogen (secondary N) is 2. The number of carbonyl (C=O) groups excluding carboxylic acids is 2. The minimum Gasteiger partial charge on any atom is -0.618 e. The fourth-order valence-corrected chi connectivity index (χ4v) is 5.63. The first-order valence-corrected chi connectivity index (χ1v) is 15.1. The van der Waals surface area contributed by atoms with Crippen molar-refractivity contribution in [1.82, 2.24) is 5.48 Å². The lowest BCUT2D eigenvalue weighted by Crippen LogP contribution is -2.32. The van der Waals surface area contributed by atoms with Crippen LogP contribution in [0.1, 0.15) is 74.0 Å². The summed E-state index contributed by atoms with van der Waals surface area (Å²) in [4.78, 5) is 23.6. The summed E-state index contributed by atoms with van der Waals surface area (Å²) in [6.07, 6.45) is 4.49. The molecule has 10 nitrogen and oxygen atoms in total. The fourth-order valence-electron chi connectivity index (χ4n) is 4.69. The van der Waals surface area contributed by atoms with Crippen molar-refractivity contribution in [2.24, 2.45) is 0 Å². The number of nitrogens with zero attached hydrogens (tertiary/aromatic N) is 1. The molecule has 1 saturated heterocycles. The highest BCUT2D eigenvalue weighted by Gasteiger charge is 2.33. The number of unbranched alkanes of at least 4 members (excludes halogenated alkanes) is 3. The molecule has 3 atom stereocenters. The number of aromatic nitrogens is 1. The van der Waals surface area contributed by atoms with Crippen LogP contribution in [-0.2, 0) is 25.7 Å². The Bertz CT molecular complexity index is 1310. The first-order valence-electron chi connectivity index (χ1n) is 14.1. The zero-order chi connectivity index (χ0) is 29.7. The quantitative estimate of drug-likeness (QED) is 0.0513. The highest BCUT2D eigenvalue weighted by Crippen LogP contribution is 2.39. The van der Waals surface area contributed by atoms with Gasteiger partial charge in [0.2, 0.25) is 11.8 Å². The number of hydrogen-bond donors (Lipinski definition) is 4. The summed E-state index contributed by atoms with van der Waals surface area (Å²) < 4.78 is 13.6. The molecule has 0 unspecified atom stereocenters. The van der Waals surface area contributed by atoms with E-state index in [1.165, 1.54) is 18.0 Å². The normalized spacial score (nSPS) is 18.4. The predicted molar refractivity (Wildman–Crippen MR) is 157 cm³/mol. The molecule has 2 aromatic carbocycles. The summed E-state index contributed by atoms with van der Waals surface area (Å²) >= 11 is 1.43. The Morgan fingerprint density at radius 1 is 0.929 bits per heavy atom. The number of benzene rings is 2. The minimum absolute atomic E-state index is 0.0368. The van der Waals surface area contributed by atoms with Gasteiger partial charge in [-0.25, -0.2) is 5.48 Å². The number of amides is 2. The van der Waals surface area contributed by atoms with Gasteiger partial charge in [-0.3, -0.25) is 14.8 Å². The van der Waals surface area contributed by atoms with Gasteiger partial charge in [0.05, 0.1) is 18.8 Å². The van der Waals surface area contributed by atoms with Crippen molar-refractivity contribution in [3.05, 3.63) is 94.8 Å². The zero-order valence-corrected chi connectivity index (χ0v) is 24.1. The molecular weight excluding hydrogens is 558 g/mol. The molecular formula is C31H37N3O7S. The molecule has 0 aliphatic carbocycles. The molecule has 1 aliphatic heterocycles. The Morgan fingerprint density at radius 3 is 2.40 bits per heavy atom. The number of pyridine rings is 1. The van der Waals surface area contributed by atoms with E-state index < -0.39 is 12.2 Å². The van der Waals surface area contributed by atoms with Gasteiger partial charge in [0.25, 0.3) is 5.03 Å². The molecule has 2 heterocycles. The topological polar surface area (TPSA) is 144 Å². The molecule has 4 rings (SSSR count). The van der Waals surface area contributed by atoms with Gasteiger partial charge in [-0.1, -0.05) is 61.0 Å². The molecule has 0 radical (unpaired) electrons. The van der Waals surface area contributed by atoms with Crippen molar-refractivity contribution >= 4 is 29.3 Å². The summed E-state index contributed by atoms with van der Waals surface area (Å²) in [6, 6.07) is 20.4. The SMILES string of the molecule is O=C(CCCCCCC(=O)Nc1cccc([C@H]2O[C@@H](CSc3cccc[n+]3[O-])C[C@@H](c3ccc(CO)cc3)O2)c1)NO. The number of aliphatic hydroxyl groups is 1. The van der Waals surface area contributed by atoms with Gasteiger partial charge in [0.15, 0.2) is 12.5 Å². The lowest BCUT2D eigenvalue weighted by molar-refractivity contribution is -0.645. The lowest BCUT2D eigenvalue weighted by atomic mass is 10.0. The van der Waals surface area contributed by atoms with E-state index in [2.05, 4.69) is 5.32 Å². The molecule has 4 N–H and O–H groups in total. The second kappa shape index (κ2) is 16.2. The molecule has 1 aromatic heterocycles. The first-order chi connectivity index (χ1) is 20.4. The Labute approximate surface area is 249 Å². The number of rotatable bonds is 14. The van der Waals surface area contributed by atoms with E-state index in [-0.39, 0.29) is 31.1 Å². The van der Waals surface area contributed by atoms with Crippen LogP contribution in [0.4, 0.5) is 5.69 Å². The third-order valence-electron chi connectivity index (χ3n) is 6.95. The third-order valence-corrected chi connectivity index (χ3v) is 8.10. The number of hydrogen-bond acceptors (Lipinski definition) is 8. The van der Waals surface area contributed by atoms with Crippen LogP contribution in [0.2, 0.25) is 0 Å². The van der Waals surface area contributed by atoms with Crippen LogP contribution in [0.3, 0.4) is 0 Å². The second-order valence-electron chi connectivity index (χ2n) is 10.1. The molecule has 42 heavy (non-hydrogen) atoms. The number of thioether (sulfide) groups is 1. The third kappa shape index (κ3) is 9.53.